The molecule has 13 heavy (non-hydrogen) atoms. The van der Waals surface area contributed by atoms with Gasteiger partial charge in [-0.3, -0.25) is 4.79 Å². The Morgan fingerprint density at radius 3 is 2.46 bits per heavy atom. The van der Waals surface area contributed by atoms with E-state index in [4.69, 9.17) is 9.15 Å². The van der Waals surface area contributed by atoms with Crippen LogP contribution in [-0.2, 0) is 0 Å². The van der Waals surface area contributed by atoms with Gasteiger partial charge in [0.25, 0.3) is 0 Å². The number of carbonyl (C=O) groups is 1. The summed E-state index contributed by atoms with van der Waals surface area (Å²) in [6, 6.07) is 0. The molecule has 0 aliphatic rings. The molecule has 0 unspecified atom stereocenters. The molecular weight excluding hydrogens is 168 g/mol. The van der Waals surface area contributed by atoms with E-state index < -0.39 is 0 Å². The summed E-state index contributed by atoms with van der Waals surface area (Å²) >= 11 is 0. The topological polar surface area (TPSA) is 39.4 Å². The van der Waals surface area contributed by atoms with E-state index in [1.165, 1.54) is 6.26 Å². The number of hydrogen-bond donors (Lipinski definition) is 0. The maximum atomic E-state index is 10.5. The number of furan rings is 1. The van der Waals surface area contributed by atoms with E-state index in [2.05, 4.69) is 0 Å². The van der Waals surface area contributed by atoms with E-state index in [0.717, 1.165) is 5.56 Å². The van der Waals surface area contributed by atoms with Crippen molar-refractivity contribution in [3.05, 3.63) is 17.6 Å². The van der Waals surface area contributed by atoms with Crippen molar-refractivity contribution >= 4 is 6.29 Å². The molecule has 0 aromatic carbocycles. The Labute approximate surface area is 77.7 Å². The second-order valence-electron chi connectivity index (χ2n) is 3.92. The molecule has 1 aromatic heterocycles. The lowest BCUT2D eigenvalue weighted by atomic mass is 10.2. The SMILES string of the molecule is Cc1c(OC(C)(C)C)coc1C=O. The Bertz CT molecular complexity index is 304. The average Bonchev–Trinajstić information content (AvgIpc) is 2.30. The lowest BCUT2D eigenvalue weighted by Crippen LogP contribution is -2.23. The minimum absolute atomic E-state index is 0.269. The van der Waals surface area contributed by atoms with E-state index in [1.54, 1.807) is 6.92 Å². The van der Waals surface area contributed by atoms with Gasteiger partial charge in [-0.25, -0.2) is 0 Å². The molecule has 0 saturated carbocycles. The molecule has 0 atom stereocenters. The predicted octanol–water partition coefficient (Wildman–Crippen LogP) is 2.58. The van der Waals surface area contributed by atoms with Gasteiger partial charge in [0.2, 0.25) is 0 Å². The average molecular weight is 182 g/mol. The summed E-state index contributed by atoms with van der Waals surface area (Å²) in [5.41, 5.74) is 0.486. The Hall–Kier alpha value is -1.25. The first-order valence-corrected chi connectivity index (χ1v) is 4.16. The summed E-state index contributed by atoms with van der Waals surface area (Å²) < 4.78 is 10.6. The summed E-state index contributed by atoms with van der Waals surface area (Å²) in [4.78, 5) is 10.5. The van der Waals surface area contributed by atoms with Crippen molar-refractivity contribution in [3.63, 3.8) is 0 Å². The van der Waals surface area contributed by atoms with Crippen LogP contribution in [0.5, 0.6) is 5.75 Å². The van der Waals surface area contributed by atoms with Crippen LogP contribution in [0.3, 0.4) is 0 Å². The molecule has 0 N–H and O–H groups in total. The quantitative estimate of drug-likeness (QED) is 0.660. The zero-order valence-electron chi connectivity index (χ0n) is 8.38. The van der Waals surface area contributed by atoms with Crippen LogP contribution in [0.4, 0.5) is 0 Å². The number of ether oxygens (including phenoxy) is 1. The van der Waals surface area contributed by atoms with Crippen LogP contribution < -0.4 is 4.74 Å². The molecule has 0 saturated heterocycles. The summed E-state index contributed by atoms with van der Waals surface area (Å²) in [6.07, 6.45) is 2.15. The summed E-state index contributed by atoms with van der Waals surface area (Å²) in [7, 11) is 0. The molecular formula is C10H14O3. The molecule has 0 bridgehead atoms. The highest BCUT2D eigenvalue weighted by Crippen LogP contribution is 2.26. The highest BCUT2D eigenvalue weighted by molar-refractivity contribution is 5.74. The van der Waals surface area contributed by atoms with E-state index >= 15 is 0 Å². The smallest absolute Gasteiger partial charge is 0.185 e. The number of rotatable bonds is 2. The van der Waals surface area contributed by atoms with E-state index in [9.17, 15) is 4.79 Å². The van der Waals surface area contributed by atoms with Crippen molar-refractivity contribution in [2.75, 3.05) is 0 Å². The van der Waals surface area contributed by atoms with Gasteiger partial charge in [-0.15, -0.1) is 0 Å². The van der Waals surface area contributed by atoms with Crippen molar-refractivity contribution < 1.29 is 13.9 Å². The standard InChI is InChI=1S/C10H14O3/c1-7-8(5-11)12-6-9(7)13-10(2,3)4/h5-6H,1-4H3. The van der Waals surface area contributed by atoms with Crippen molar-refractivity contribution in [2.24, 2.45) is 0 Å². The molecule has 72 valence electrons. The molecule has 0 amide bonds. The zero-order chi connectivity index (χ0) is 10.1. The number of carbonyl (C=O) groups excluding carboxylic acids is 1. The monoisotopic (exact) mass is 182 g/mol. The fraction of sp³-hybridized carbons (Fsp3) is 0.500. The summed E-state index contributed by atoms with van der Waals surface area (Å²) in [6.45, 7) is 7.63. The number of aldehydes is 1. The zero-order valence-corrected chi connectivity index (χ0v) is 8.38. The van der Waals surface area contributed by atoms with Gasteiger partial charge in [-0.2, -0.15) is 0 Å². The Balaban J connectivity index is 2.90. The van der Waals surface area contributed by atoms with Crippen molar-refractivity contribution in [1.82, 2.24) is 0 Å². The maximum absolute atomic E-state index is 10.5. The Morgan fingerprint density at radius 2 is 2.08 bits per heavy atom. The van der Waals surface area contributed by atoms with Gasteiger partial charge in [0.15, 0.2) is 17.8 Å². The lowest BCUT2D eigenvalue weighted by molar-refractivity contribution is 0.109. The van der Waals surface area contributed by atoms with Gasteiger partial charge in [0, 0.05) is 5.56 Å². The fourth-order valence-corrected chi connectivity index (χ4v) is 0.962. The second-order valence-corrected chi connectivity index (χ2v) is 3.92. The van der Waals surface area contributed by atoms with Gasteiger partial charge in [-0.1, -0.05) is 0 Å². The van der Waals surface area contributed by atoms with Crippen molar-refractivity contribution in [3.8, 4) is 5.75 Å². The first-order chi connectivity index (χ1) is 5.94. The molecule has 0 spiro atoms. The van der Waals surface area contributed by atoms with Crippen molar-refractivity contribution in [2.45, 2.75) is 33.3 Å². The van der Waals surface area contributed by atoms with Crippen LogP contribution in [-0.4, -0.2) is 11.9 Å². The van der Waals surface area contributed by atoms with E-state index in [1.807, 2.05) is 20.8 Å². The van der Waals surface area contributed by atoms with Gasteiger partial charge in [-0.05, 0) is 27.7 Å². The minimum Gasteiger partial charge on any atom is -0.484 e. The van der Waals surface area contributed by atoms with Crippen LogP contribution >= 0.6 is 0 Å². The van der Waals surface area contributed by atoms with Gasteiger partial charge in [0.1, 0.15) is 11.9 Å². The Kier molecular flexibility index (Phi) is 2.45. The molecule has 0 radical (unpaired) electrons. The first-order valence-electron chi connectivity index (χ1n) is 4.16. The lowest BCUT2D eigenvalue weighted by Gasteiger charge is -2.20. The highest BCUT2D eigenvalue weighted by Gasteiger charge is 2.17. The summed E-state index contributed by atoms with van der Waals surface area (Å²) in [5, 5.41) is 0. The molecule has 3 nitrogen and oxygen atoms in total. The van der Waals surface area contributed by atoms with Crippen LogP contribution in [0.2, 0.25) is 0 Å². The maximum Gasteiger partial charge on any atom is 0.185 e. The molecule has 3 heteroatoms. The molecule has 1 heterocycles. The minimum atomic E-state index is -0.269. The third kappa shape index (κ3) is 2.34. The molecule has 1 aromatic rings. The molecule has 0 aliphatic heterocycles. The molecule has 0 aliphatic carbocycles. The van der Waals surface area contributed by atoms with Gasteiger partial charge in [0.05, 0.1) is 0 Å². The predicted molar refractivity (Wildman–Crippen MR) is 49.2 cm³/mol. The van der Waals surface area contributed by atoms with Gasteiger partial charge < -0.3 is 9.15 Å². The van der Waals surface area contributed by atoms with Crippen LogP contribution in [0.25, 0.3) is 0 Å². The largest absolute Gasteiger partial charge is 0.484 e. The highest BCUT2D eigenvalue weighted by atomic mass is 16.5. The number of hydrogen-bond acceptors (Lipinski definition) is 3. The van der Waals surface area contributed by atoms with Crippen LogP contribution in [0.15, 0.2) is 10.7 Å². The Morgan fingerprint density at radius 1 is 1.46 bits per heavy atom. The van der Waals surface area contributed by atoms with E-state index in [-0.39, 0.29) is 5.60 Å². The second kappa shape index (κ2) is 3.24. The normalized spacial score (nSPS) is 11.4. The third-order valence-electron chi connectivity index (χ3n) is 1.56. The fourth-order valence-electron chi connectivity index (χ4n) is 0.962. The van der Waals surface area contributed by atoms with E-state index in [0.29, 0.717) is 17.8 Å². The van der Waals surface area contributed by atoms with Crippen molar-refractivity contribution in [1.29, 1.82) is 0 Å². The third-order valence-corrected chi connectivity index (χ3v) is 1.56. The van der Waals surface area contributed by atoms with Crippen LogP contribution in [0, 0.1) is 6.92 Å². The summed E-state index contributed by atoms with van der Waals surface area (Å²) in [5.74, 6) is 0.967. The molecule has 1 rings (SSSR count). The first kappa shape index (κ1) is 9.84. The van der Waals surface area contributed by atoms with Gasteiger partial charge >= 0.3 is 0 Å². The van der Waals surface area contributed by atoms with Crippen LogP contribution in [0.1, 0.15) is 36.9 Å². The molecule has 0 fully saturated rings.